The molecule has 0 aliphatic carbocycles. The van der Waals surface area contributed by atoms with E-state index in [1.165, 1.54) is 0 Å². The van der Waals surface area contributed by atoms with Gasteiger partial charge in [0.25, 0.3) is 0 Å². The monoisotopic (exact) mass is 335 g/mol. The standard InChI is InChI=1S/C18H25NO5/c1-23-16-5-3-2-4-14(16)6-7-17(20)19(11-8-18(21)22)15-9-12-24-13-10-15/h2-5,15H,6-13H2,1H3,(H,21,22). The number of carbonyl (C=O) groups is 2. The van der Waals surface area contributed by atoms with Crippen LogP contribution in [0, 0.1) is 0 Å². The van der Waals surface area contributed by atoms with Crippen LogP contribution < -0.4 is 4.74 Å². The lowest BCUT2D eigenvalue weighted by Gasteiger charge is -2.34. The normalized spacial score (nSPS) is 15.0. The maximum Gasteiger partial charge on any atom is 0.305 e. The van der Waals surface area contributed by atoms with Gasteiger partial charge in [-0.2, -0.15) is 0 Å². The molecule has 0 unspecified atom stereocenters. The number of amides is 1. The molecule has 1 N–H and O–H groups in total. The highest BCUT2D eigenvalue weighted by Gasteiger charge is 2.26. The van der Waals surface area contributed by atoms with Crippen LogP contribution in [-0.2, 0) is 20.7 Å². The Morgan fingerprint density at radius 1 is 1.25 bits per heavy atom. The third-order valence-corrected chi connectivity index (χ3v) is 4.32. The maximum absolute atomic E-state index is 12.7. The molecular weight excluding hydrogens is 310 g/mol. The average molecular weight is 335 g/mol. The van der Waals surface area contributed by atoms with E-state index < -0.39 is 5.97 Å². The number of methoxy groups -OCH3 is 1. The Labute approximate surface area is 142 Å². The van der Waals surface area contributed by atoms with Gasteiger partial charge in [-0.1, -0.05) is 18.2 Å². The molecule has 6 nitrogen and oxygen atoms in total. The average Bonchev–Trinajstić information content (AvgIpc) is 2.61. The largest absolute Gasteiger partial charge is 0.496 e. The summed E-state index contributed by atoms with van der Waals surface area (Å²) in [6.07, 6.45) is 2.42. The van der Waals surface area contributed by atoms with Crippen LogP contribution in [0.15, 0.2) is 24.3 Å². The fourth-order valence-corrected chi connectivity index (χ4v) is 3.02. The Hall–Kier alpha value is -2.08. The zero-order valence-electron chi connectivity index (χ0n) is 14.1. The van der Waals surface area contributed by atoms with Gasteiger partial charge in [-0.05, 0) is 30.9 Å². The van der Waals surface area contributed by atoms with Crippen LogP contribution in [0.1, 0.15) is 31.2 Å². The highest BCUT2D eigenvalue weighted by atomic mass is 16.5. The summed E-state index contributed by atoms with van der Waals surface area (Å²) in [5, 5.41) is 8.94. The van der Waals surface area contributed by atoms with Gasteiger partial charge in [0.2, 0.25) is 5.91 Å². The zero-order chi connectivity index (χ0) is 17.4. The molecule has 1 heterocycles. The highest BCUT2D eigenvalue weighted by molar-refractivity contribution is 5.77. The summed E-state index contributed by atoms with van der Waals surface area (Å²) in [7, 11) is 1.61. The van der Waals surface area contributed by atoms with Crippen molar-refractivity contribution in [3.05, 3.63) is 29.8 Å². The lowest BCUT2D eigenvalue weighted by molar-refractivity contribution is -0.140. The van der Waals surface area contributed by atoms with Crippen LogP contribution in [-0.4, -0.2) is 54.8 Å². The second kappa shape index (κ2) is 9.27. The number of hydrogen-bond donors (Lipinski definition) is 1. The van der Waals surface area contributed by atoms with E-state index in [0.29, 0.717) is 26.1 Å². The second-order valence-electron chi connectivity index (χ2n) is 5.89. The molecule has 1 amide bonds. The smallest absolute Gasteiger partial charge is 0.305 e. The van der Waals surface area contributed by atoms with E-state index in [0.717, 1.165) is 24.2 Å². The number of aliphatic carboxylic acids is 1. The van der Waals surface area contributed by atoms with Crippen LogP contribution in [0.5, 0.6) is 5.75 Å². The van der Waals surface area contributed by atoms with Crippen molar-refractivity contribution in [3.8, 4) is 5.75 Å². The number of carbonyl (C=O) groups excluding carboxylic acids is 1. The van der Waals surface area contributed by atoms with E-state index in [2.05, 4.69) is 0 Å². The molecule has 0 bridgehead atoms. The number of benzene rings is 1. The van der Waals surface area contributed by atoms with Gasteiger partial charge < -0.3 is 19.5 Å². The molecule has 6 heteroatoms. The van der Waals surface area contributed by atoms with Gasteiger partial charge in [0, 0.05) is 32.2 Å². The van der Waals surface area contributed by atoms with E-state index in [4.69, 9.17) is 14.6 Å². The van der Waals surface area contributed by atoms with Gasteiger partial charge in [-0.25, -0.2) is 0 Å². The Kier molecular flexibility index (Phi) is 7.06. The minimum absolute atomic E-state index is 0.00550. The van der Waals surface area contributed by atoms with E-state index in [1.807, 2.05) is 24.3 Å². The summed E-state index contributed by atoms with van der Waals surface area (Å²) in [5.41, 5.74) is 0.985. The Bertz CT molecular complexity index is 554. The third-order valence-electron chi connectivity index (χ3n) is 4.32. The van der Waals surface area contributed by atoms with Crippen molar-refractivity contribution >= 4 is 11.9 Å². The van der Waals surface area contributed by atoms with Crippen molar-refractivity contribution in [1.29, 1.82) is 0 Å². The summed E-state index contributed by atoms with van der Waals surface area (Å²) in [6.45, 7) is 1.49. The third kappa shape index (κ3) is 5.23. The van der Waals surface area contributed by atoms with E-state index in [1.54, 1.807) is 12.0 Å². The Morgan fingerprint density at radius 2 is 1.96 bits per heavy atom. The number of para-hydroxylation sites is 1. The molecule has 0 atom stereocenters. The fraction of sp³-hybridized carbons (Fsp3) is 0.556. The molecule has 1 aromatic carbocycles. The predicted octanol–water partition coefficient (Wildman–Crippen LogP) is 2.11. The van der Waals surface area contributed by atoms with Crippen LogP contribution >= 0.6 is 0 Å². The molecule has 0 aromatic heterocycles. The Balaban J connectivity index is 1.99. The molecule has 0 saturated carbocycles. The molecule has 1 aliphatic rings. The summed E-state index contributed by atoms with van der Waals surface area (Å²) >= 11 is 0. The Morgan fingerprint density at radius 3 is 2.62 bits per heavy atom. The van der Waals surface area contributed by atoms with E-state index >= 15 is 0 Å². The number of rotatable bonds is 8. The zero-order valence-corrected chi connectivity index (χ0v) is 14.1. The van der Waals surface area contributed by atoms with Crippen molar-refractivity contribution in [1.82, 2.24) is 4.90 Å². The lowest BCUT2D eigenvalue weighted by Crippen LogP contribution is -2.44. The molecule has 1 aromatic rings. The molecule has 0 radical (unpaired) electrons. The van der Waals surface area contributed by atoms with Crippen LogP contribution in [0.25, 0.3) is 0 Å². The summed E-state index contributed by atoms with van der Waals surface area (Å²) in [6, 6.07) is 7.71. The van der Waals surface area contributed by atoms with Gasteiger partial charge in [-0.15, -0.1) is 0 Å². The number of nitrogens with zero attached hydrogens (tertiary/aromatic N) is 1. The van der Waals surface area contributed by atoms with Gasteiger partial charge in [0.1, 0.15) is 5.75 Å². The highest BCUT2D eigenvalue weighted by Crippen LogP contribution is 2.21. The van der Waals surface area contributed by atoms with Crippen LogP contribution in [0.4, 0.5) is 0 Å². The van der Waals surface area contributed by atoms with Crippen LogP contribution in [0.3, 0.4) is 0 Å². The molecule has 132 valence electrons. The lowest BCUT2D eigenvalue weighted by atomic mass is 10.0. The molecule has 1 aliphatic heterocycles. The maximum atomic E-state index is 12.7. The van der Waals surface area contributed by atoms with Gasteiger partial charge in [-0.3, -0.25) is 9.59 Å². The van der Waals surface area contributed by atoms with Gasteiger partial charge in [0.05, 0.1) is 13.5 Å². The minimum Gasteiger partial charge on any atom is -0.496 e. The first-order valence-electron chi connectivity index (χ1n) is 8.32. The quantitative estimate of drug-likeness (QED) is 0.787. The van der Waals surface area contributed by atoms with Crippen LogP contribution in [0.2, 0.25) is 0 Å². The number of hydrogen-bond acceptors (Lipinski definition) is 4. The van der Waals surface area contributed by atoms with Gasteiger partial charge >= 0.3 is 5.97 Å². The molecule has 1 saturated heterocycles. The number of ether oxygens (including phenoxy) is 2. The molecule has 2 rings (SSSR count). The molecular formula is C18H25NO5. The van der Waals surface area contributed by atoms with Crippen molar-refractivity contribution in [2.45, 2.75) is 38.1 Å². The van der Waals surface area contributed by atoms with E-state index in [-0.39, 0.29) is 24.9 Å². The molecule has 1 fully saturated rings. The van der Waals surface area contributed by atoms with Crippen molar-refractivity contribution in [2.75, 3.05) is 26.9 Å². The first kappa shape index (κ1) is 18.3. The number of carboxylic acids is 1. The first-order valence-corrected chi connectivity index (χ1v) is 8.32. The molecule has 24 heavy (non-hydrogen) atoms. The van der Waals surface area contributed by atoms with Crippen molar-refractivity contribution in [3.63, 3.8) is 0 Å². The SMILES string of the molecule is COc1ccccc1CCC(=O)N(CCC(=O)O)C1CCOCC1. The van der Waals surface area contributed by atoms with Gasteiger partial charge in [0.15, 0.2) is 0 Å². The number of carboxylic acid groups (broad SMARTS) is 1. The van der Waals surface area contributed by atoms with Crippen molar-refractivity contribution < 1.29 is 24.2 Å². The summed E-state index contributed by atoms with van der Waals surface area (Å²) in [4.78, 5) is 25.3. The predicted molar refractivity (Wildman–Crippen MR) is 89.1 cm³/mol. The van der Waals surface area contributed by atoms with E-state index in [9.17, 15) is 9.59 Å². The second-order valence-corrected chi connectivity index (χ2v) is 5.89. The summed E-state index contributed by atoms with van der Waals surface area (Å²) < 4.78 is 10.7. The molecule has 0 spiro atoms. The fourth-order valence-electron chi connectivity index (χ4n) is 3.02. The summed E-state index contributed by atoms with van der Waals surface area (Å²) in [5.74, 6) is -0.118. The first-order chi connectivity index (χ1) is 11.6. The van der Waals surface area contributed by atoms with Crippen molar-refractivity contribution in [2.24, 2.45) is 0 Å². The topological polar surface area (TPSA) is 76.1 Å². The minimum atomic E-state index is -0.885. The number of aryl methyl sites for hydroxylation is 1.